The fourth-order valence-corrected chi connectivity index (χ4v) is 3.94. The van der Waals surface area contributed by atoms with Gasteiger partial charge in [-0.05, 0) is 61.9 Å². The Hall–Kier alpha value is -3.32. The fraction of sp³-hybridized carbons (Fsp3) is 0.143. The van der Waals surface area contributed by atoms with Gasteiger partial charge in [-0.1, -0.05) is 6.07 Å². The van der Waals surface area contributed by atoms with Crippen LogP contribution in [0.4, 0.5) is 5.69 Å². The van der Waals surface area contributed by atoms with E-state index < -0.39 is 6.04 Å². The topological polar surface area (TPSA) is 76.9 Å². The molecule has 28 heavy (non-hydrogen) atoms. The molecule has 2 aromatic carbocycles. The van der Waals surface area contributed by atoms with E-state index in [2.05, 4.69) is 34.5 Å². The lowest BCUT2D eigenvalue weighted by Gasteiger charge is -2.13. The average Bonchev–Trinajstić information content (AvgIpc) is 3.11. The highest BCUT2D eigenvalue weighted by atomic mass is 32.1. The van der Waals surface area contributed by atoms with Gasteiger partial charge in [0.25, 0.3) is 5.56 Å². The molecule has 0 bridgehead atoms. The van der Waals surface area contributed by atoms with Gasteiger partial charge in [0.15, 0.2) is 0 Å². The molecular formula is C21H18N4O2S. The molecule has 4 aromatic rings. The van der Waals surface area contributed by atoms with Gasteiger partial charge >= 0.3 is 0 Å². The van der Waals surface area contributed by atoms with Crippen LogP contribution in [0.5, 0.6) is 0 Å². The number of anilines is 1. The van der Waals surface area contributed by atoms with Gasteiger partial charge < -0.3 is 5.32 Å². The van der Waals surface area contributed by atoms with Crippen LogP contribution >= 0.6 is 11.3 Å². The lowest BCUT2D eigenvalue weighted by molar-refractivity contribution is -0.119. The number of aromatic nitrogens is 3. The first-order valence-corrected chi connectivity index (χ1v) is 9.65. The van der Waals surface area contributed by atoms with Crippen molar-refractivity contribution in [3.05, 3.63) is 76.7 Å². The van der Waals surface area contributed by atoms with Crippen LogP contribution in [0.15, 0.2) is 65.6 Å². The van der Waals surface area contributed by atoms with Crippen LogP contribution in [-0.2, 0) is 4.79 Å². The van der Waals surface area contributed by atoms with Crippen molar-refractivity contribution >= 4 is 33.1 Å². The monoisotopic (exact) mass is 390 g/mol. The van der Waals surface area contributed by atoms with Crippen LogP contribution < -0.4 is 10.9 Å². The minimum Gasteiger partial charge on any atom is -0.324 e. The summed E-state index contributed by atoms with van der Waals surface area (Å²) in [5, 5.41) is 7.72. The minimum absolute atomic E-state index is 0.302. The van der Waals surface area contributed by atoms with E-state index in [1.807, 2.05) is 30.3 Å². The van der Waals surface area contributed by atoms with Gasteiger partial charge in [0.05, 0.1) is 10.2 Å². The highest BCUT2D eigenvalue weighted by molar-refractivity contribution is 7.21. The number of amides is 1. The van der Waals surface area contributed by atoms with E-state index in [9.17, 15) is 9.59 Å². The van der Waals surface area contributed by atoms with E-state index >= 15 is 0 Å². The Morgan fingerprint density at radius 2 is 1.93 bits per heavy atom. The summed E-state index contributed by atoms with van der Waals surface area (Å²) in [6, 6.07) is 16.0. The van der Waals surface area contributed by atoms with Crippen molar-refractivity contribution in [1.82, 2.24) is 14.8 Å². The number of thiazole rings is 1. The molecule has 0 aliphatic rings. The van der Waals surface area contributed by atoms with Crippen LogP contribution in [0.2, 0.25) is 0 Å². The molecular weight excluding hydrogens is 372 g/mol. The van der Waals surface area contributed by atoms with Crippen molar-refractivity contribution in [2.75, 3.05) is 5.32 Å². The number of hydrogen-bond acceptors (Lipinski definition) is 5. The Balaban J connectivity index is 1.52. The van der Waals surface area contributed by atoms with Gasteiger partial charge in [0, 0.05) is 23.5 Å². The molecule has 0 spiro atoms. The lowest BCUT2D eigenvalue weighted by Crippen LogP contribution is -2.32. The normalized spacial score (nSPS) is 12.1. The van der Waals surface area contributed by atoms with Crippen molar-refractivity contribution in [3.8, 4) is 10.6 Å². The summed E-state index contributed by atoms with van der Waals surface area (Å²) in [4.78, 5) is 29.0. The maximum atomic E-state index is 12.4. The highest BCUT2D eigenvalue weighted by Gasteiger charge is 2.17. The molecule has 0 fully saturated rings. The maximum Gasteiger partial charge on any atom is 0.267 e. The number of nitrogens with zero attached hydrogens (tertiary/aromatic N) is 3. The second kappa shape index (κ2) is 7.36. The first-order valence-electron chi connectivity index (χ1n) is 8.83. The molecule has 0 radical (unpaired) electrons. The molecule has 0 aliphatic carbocycles. The van der Waals surface area contributed by atoms with Crippen molar-refractivity contribution in [2.24, 2.45) is 0 Å². The molecule has 1 atom stereocenters. The molecule has 0 saturated heterocycles. The summed E-state index contributed by atoms with van der Waals surface area (Å²) in [5.41, 5.74) is 3.53. The summed E-state index contributed by atoms with van der Waals surface area (Å²) in [6.45, 7) is 3.71. The predicted molar refractivity (Wildman–Crippen MR) is 112 cm³/mol. The Bertz CT molecular complexity index is 1210. The number of carbonyl (C=O) groups excluding carboxylic acids is 1. The SMILES string of the molecule is Cc1ccc2nc(-c3ccc(NC(=O)[C@@H](C)n4ncccc4=O)cc3)sc2c1. The zero-order valence-electron chi connectivity index (χ0n) is 15.4. The van der Waals surface area contributed by atoms with Crippen LogP contribution in [0, 0.1) is 6.92 Å². The van der Waals surface area contributed by atoms with Gasteiger partial charge in [-0.15, -0.1) is 11.3 Å². The summed E-state index contributed by atoms with van der Waals surface area (Å²) < 4.78 is 2.31. The van der Waals surface area contributed by atoms with Crippen molar-refractivity contribution in [2.45, 2.75) is 19.9 Å². The quantitative estimate of drug-likeness (QED) is 0.571. The van der Waals surface area contributed by atoms with E-state index in [0.717, 1.165) is 25.5 Å². The third-order valence-electron chi connectivity index (χ3n) is 4.43. The number of rotatable bonds is 4. The molecule has 4 rings (SSSR count). The van der Waals surface area contributed by atoms with Gasteiger partial charge in [-0.25, -0.2) is 9.67 Å². The van der Waals surface area contributed by atoms with Crippen molar-refractivity contribution in [1.29, 1.82) is 0 Å². The molecule has 1 N–H and O–H groups in total. The minimum atomic E-state index is -0.708. The number of carbonyl (C=O) groups is 1. The third-order valence-corrected chi connectivity index (χ3v) is 5.50. The zero-order chi connectivity index (χ0) is 19.7. The van der Waals surface area contributed by atoms with E-state index in [1.165, 1.54) is 17.8 Å². The molecule has 6 nitrogen and oxygen atoms in total. The van der Waals surface area contributed by atoms with E-state index in [0.29, 0.717) is 5.69 Å². The largest absolute Gasteiger partial charge is 0.324 e. The molecule has 0 saturated carbocycles. The second-order valence-corrected chi connectivity index (χ2v) is 7.57. The number of benzene rings is 2. The Morgan fingerprint density at radius 1 is 1.14 bits per heavy atom. The van der Waals surface area contributed by atoms with Gasteiger partial charge in [-0.3, -0.25) is 9.59 Å². The Morgan fingerprint density at radius 3 is 2.68 bits per heavy atom. The third kappa shape index (κ3) is 3.57. The van der Waals surface area contributed by atoms with E-state index in [-0.39, 0.29) is 11.5 Å². The summed E-state index contributed by atoms with van der Waals surface area (Å²) in [7, 11) is 0. The molecule has 0 unspecified atom stereocenters. The van der Waals surface area contributed by atoms with Gasteiger partial charge in [0.1, 0.15) is 11.0 Å². The van der Waals surface area contributed by atoms with Gasteiger partial charge in [0.2, 0.25) is 5.91 Å². The highest BCUT2D eigenvalue weighted by Crippen LogP contribution is 2.31. The van der Waals surface area contributed by atoms with Crippen LogP contribution in [0.3, 0.4) is 0 Å². The second-order valence-electron chi connectivity index (χ2n) is 6.54. The molecule has 0 aliphatic heterocycles. The van der Waals surface area contributed by atoms with Gasteiger partial charge in [-0.2, -0.15) is 5.10 Å². The molecule has 2 heterocycles. The predicted octanol–water partition coefficient (Wildman–Crippen LogP) is 4.03. The summed E-state index contributed by atoms with van der Waals surface area (Å²) in [5.74, 6) is -0.302. The molecule has 7 heteroatoms. The van der Waals surface area contributed by atoms with Crippen molar-refractivity contribution in [3.63, 3.8) is 0 Å². The van der Waals surface area contributed by atoms with Crippen LogP contribution in [0.25, 0.3) is 20.8 Å². The Labute approximate surface area is 165 Å². The molecule has 2 aromatic heterocycles. The first kappa shape index (κ1) is 18.1. The van der Waals surface area contributed by atoms with Crippen molar-refractivity contribution < 1.29 is 4.79 Å². The zero-order valence-corrected chi connectivity index (χ0v) is 16.2. The molecule has 1 amide bonds. The van der Waals surface area contributed by atoms with Crippen LogP contribution in [0.1, 0.15) is 18.5 Å². The number of nitrogens with one attached hydrogen (secondary N) is 1. The Kier molecular flexibility index (Phi) is 4.75. The number of fused-ring (bicyclic) bond motifs is 1. The smallest absolute Gasteiger partial charge is 0.267 e. The van der Waals surface area contributed by atoms with Crippen LogP contribution in [-0.4, -0.2) is 20.7 Å². The maximum absolute atomic E-state index is 12.4. The number of aryl methyl sites for hydroxylation is 1. The molecule has 140 valence electrons. The number of hydrogen-bond donors (Lipinski definition) is 1. The van der Waals surface area contributed by atoms with E-state index in [1.54, 1.807) is 24.3 Å². The summed E-state index contributed by atoms with van der Waals surface area (Å²) in [6.07, 6.45) is 1.49. The standard InChI is InChI=1S/C21H18N4O2S/c1-13-5-10-17-18(12-13)28-21(24-17)15-6-8-16(9-7-15)23-20(27)14(2)25-19(26)4-3-11-22-25/h3-12,14H,1-2H3,(H,23,27)/t14-/m1/s1. The fourth-order valence-electron chi connectivity index (χ4n) is 2.87. The first-order chi connectivity index (χ1) is 13.5. The summed E-state index contributed by atoms with van der Waals surface area (Å²) >= 11 is 1.64. The average molecular weight is 390 g/mol. The van der Waals surface area contributed by atoms with E-state index in [4.69, 9.17) is 0 Å². The lowest BCUT2D eigenvalue weighted by atomic mass is 10.2.